The summed E-state index contributed by atoms with van der Waals surface area (Å²) in [5.74, 6) is -0.183. The van der Waals surface area contributed by atoms with Gasteiger partial charge in [-0.2, -0.15) is 0 Å². The van der Waals surface area contributed by atoms with Gasteiger partial charge in [-0.1, -0.05) is 18.2 Å². The van der Waals surface area contributed by atoms with E-state index in [2.05, 4.69) is 60.0 Å². The molecule has 0 radical (unpaired) electrons. The Kier molecular flexibility index (Phi) is 4.80. The molecule has 1 N–H and O–H groups in total. The Balaban J connectivity index is 1.98. The number of hydrogen-bond donors (Lipinski definition) is 1. The zero-order valence-corrected chi connectivity index (χ0v) is 13.2. The Morgan fingerprint density at radius 3 is 2.47 bits per heavy atom. The number of hydrogen-bond acceptors (Lipinski definition) is 1. The van der Waals surface area contributed by atoms with Crippen LogP contribution in [0.15, 0.2) is 42.5 Å². The molecule has 2 rings (SSSR count). The molecule has 1 atom stereocenters. The molecule has 0 aliphatic heterocycles. The van der Waals surface area contributed by atoms with Crippen molar-refractivity contribution in [3.8, 4) is 0 Å². The van der Waals surface area contributed by atoms with Gasteiger partial charge in [-0.15, -0.1) is 0 Å². The van der Waals surface area contributed by atoms with Crippen molar-refractivity contribution < 1.29 is 4.39 Å². The molecule has 1 nitrogen and oxygen atoms in total. The van der Waals surface area contributed by atoms with Crippen molar-refractivity contribution >= 4 is 28.3 Å². The number of rotatable bonds is 4. The van der Waals surface area contributed by atoms with E-state index in [0.717, 1.165) is 17.7 Å². The van der Waals surface area contributed by atoms with Gasteiger partial charge in [0.05, 0.1) is 0 Å². The first-order valence-corrected chi connectivity index (χ1v) is 7.39. The van der Waals surface area contributed by atoms with Gasteiger partial charge in [-0.3, -0.25) is 0 Å². The summed E-state index contributed by atoms with van der Waals surface area (Å²) >= 11 is 2.34. The van der Waals surface area contributed by atoms with E-state index in [-0.39, 0.29) is 5.82 Å². The second-order valence-electron chi connectivity index (χ2n) is 4.84. The maximum Gasteiger partial charge on any atom is 0.123 e. The van der Waals surface area contributed by atoms with Crippen molar-refractivity contribution in [1.82, 2.24) is 0 Å². The zero-order chi connectivity index (χ0) is 13.8. The number of halogens is 2. The second-order valence-corrected chi connectivity index (χ2v) is 6.00. The fourth-order valence-electron chi connectivity index (χ4n) is 1.99. The summed E-state index contributed by atoms with van der Waals surface area (Å²) in [6.45, 7) is 4.24. The average molecular weight is 369 g/mol. The third kappa shape index (κ3) is 4.20. The lowest BCUT2D eigenvalue weighted by molar-refractivity contribution is 0.626. The van der Waals surface area contributed by atoms with Crippen LogP contribution in [0.1, 0.15) is 18.1 Å². The van der Waals surface area contributed by atoms with Gasteiger partial charge in [-0.25, -0.2) is 4.39 Å². The first-order chi connectivity index (χ1) is 9.04. The van der Waals surface area contributed by atoms with Crippen molar-refractivity contribution in [2.75, 3.05) is 5.32 Å². The molecule has 0 fully saturated rings. The van der Waals surface area contributed by atoms with Crippen LogP contribution in [-0.4, -0.2) is 6.04 Å². The molecule has 0 aliphatic rings. The molecule has 0 bridgehead atoms. The van der Waals surface area contributed by atoms with Gasteiger partial charge >= 0.3 is 0 Å². The van der Waals surface area contributed by atoms with Gasteiger partial charge < -0.3 is 5.32 Å². The molecule has 3 heteroatoms. The maximum atomic E-state index is 12.8. The van der Waals surface area contributed by atoms with Crippen molar-refractivity contribution in [1.29, 1.82) is 0 Å². The molecule has 0 saturated heterocycles. The minimum atomic E-state index is -0.183. The quantitative estimate of drug-likeness (QED) is 0.765. The van der Waals surface area contributed by atoms with E-state index in [1.54, 1.807) is 0 Å². The van der Waals surface area contributed by atoms with Crippen LogP contribution in [0, 0.1) is 16.3 Å². The number of aryl methyl sites for hydroxylation is 1. The van der Waals surface area contributed by atoms with Crippen LogP contribution in [0.4, 0.5) is 10.1 Å². The molecule has 2 aromatic carbocycles. The fourth-order valence-corrected chi connectivity index (χ4v) is 2.51. The highest BCUT2D eigenvalue weighted by atomic mass is 127. The Hall–Kier alpha value is -1.10. The summed E-state index contributed by atoms with van der Waals surface area (Å²) in [6.07, 6.45) is 0.880. The zero-order valence-electron chi connectivity index (χ0n) is 11.1. The third-order valence-electron chi connectivity index (χ3n) is 3.04. The van der Waals surface area contributed by atoms with E-state index in [1.165, 1.54) is 21.3 Å². The van der Waals surface area contributed by atoms with Gasteiger partial charge in [0.2, 0.25) is 0 Å². The Labute approximate surface area is 127 Å². The standard InChI is InChI=1S/C16H17FIN/c1-11-3-8-15(10-16(11)18)19-12(2)9-13-4-6-14(17)7-5-13/h3-8,10,12,19H,9H2,1-2H3. The molecule has 0 saturated carbocycles. The van der Waals surface area contributed by atoms with Gasteiger partial charge in [0.25, 0.3) is 0 Å². The highest BCUT2D eigenvalue weighted by Gasteiger charge is 2.05. The minimum Gasteiger partial charge on any atom is -0.382 e. The molecule has 19 heavy (non-hydrogen) atoms. The molecule has 0 spiro atoms. The number of nitrogens with one attached hydrogen (secondary N) is 1. The monoisotopic (exact) mass is 369 g/mol. The molecule has 2 aromatic rings. The van der Waals surface area contributed by atoms with E-state index >= 15 is 0 Å². The van der Waals surface area contributed by atoms with E-state index in [4.69, 9.17) is 0 Å². The van der Waals surface area contributed by atoms with Gasteiger partial charge in [0.1, 0.15) is 5.82 Å². The SMILES string of the molecule is Cc1ccc(NC(C)Cc2ccc(F)cc2)cc1I. The summed E-state index contributed by atoms with van der Waals surface area (Å²) in [4.78, 5) is 0. The van der Waals surface area contributed by atoms with Gasteiger partial charge in [0, 0.05) is 15.3 Å². The highest BCUT2D eigenvalue weighted by molar-refractivity contribution is 14.1. The van der Waals surface area contributed by atoms with Gasteiger partial charge in [0.15, 0.2) is 0 Å². The number of benzene rings is 2. The van der Waals surface area contributed by atoms with Crippen LogP contribution in [-0.2, 0) is 6.42 Å². The normalized spacial score (nSPS) is 12.2. The fraction of sp³-hybridized carbons (Fsp3) is 0.250. The molecule has 0 amide bonds. The van der Waals surface area contributed by atoms with E-state index < -0.39 is 0 Å². The molecule has 1 unspecified atom stereocenters. The van der Waals surface area contributed by atoms with E-state index in [9.17, 15) is 4.39 Å². The van der Waals surface area contributed by atoms with Crippen LogP contribution in [0.2, 0.25) is 0 Å². The summed E-state index contributed by atoms with van der Waals surface area (Å²) in [7, 11) is 0. The first-order valence-electron chi connectivity index (χ1n) is 6.32. The largest absolute Gasteiger partial charge is 0.382 e. The third-order valence-corrected chi connectivity index (χ3v) is 4.20. The van der Waals surface area contributed by atoms with Crippen LogP contribution < -0.4 is 5.32 Å². The maximum absolute atomic E-state index is 12.8. The number of anilines is 1. The molecular weight excluding hydrogens is 352 g/mol. The van der Waals surface area contributed by atoms with Crippen molar-refractivity contribution in [2.24, 2.45) is 0 Å². The van der Waals surface area contributed by atoms with Crippen LogP contribution in [0.5, 0.6) is 0 Å². The first kappa shape index (κ1) is 14.3. The van der Waals surface area contributed by atoms with Crippen LogP contribution in [0.25, 0.3) is 0 Å². The molecular formula is C16H17FIN. The van der Waals surface area contributed by atoms with E-state index in [1.807, 2.05) is 12.1 Å². The molecule has 0 aromatic heterocycles. The van der Waals surface area contributed by atoms with Crippen molar-refractivity contribution in [2.45, 2.75) is 26.3 Å². The summed E-state index contributed by atoms with van der Waals surface area (Å²) < 4.78 is 14.1. The Morgan fingerprint density at radius 1 is 1.16 bits per heavy atom. The molecule has 100 valence electrons. The van der Waals surface area contributed by atoms with Crippen molar-refractivity contribution in [3.63, 3.8) is 0 Å². The lowest BCUT2D eigenvalue weighted by Crippen LogP contribution is -2.18. The van der Waals surface area contributed by atoms with Crippen molar-refractivity contribution in [3.05, 3.63) is 63.0 Å². The van der Waals surface area contributed by atoms with E-state index in [0.29, 0.717) is 6.04 Å². The van der Waals surface area contributed by atoms with Crippen LogP contribution in [0.3, 0.4) is 0 Å². The smallest absolute Gasteiger partial charge is 0.123 e. The molecule has 0 heterocycles. The summed E-state index contributed by atoms with van der Waals surface area (Å²) in [6, 6.07) is 13.4. The molecule has 0 aliphatic carbocycles. The Bertz CT molecular complexity index is 551. The lowest BCUT2D eigenvalue weighted by atomic mass is 10.1. The van der Waals surface area contributed by atoms with Crippen LogP contribution >= 0.6 is 22.6 Å². The predicted octanol–water partition coefficient (Wildman–Crippen LogP) is 4.78. The second kappa shape index (κ2) is 6.37. The lowest BCUT2D eigenvalue weighted by Gasteiger charge is -2.16. The highest BCUT2D eigenvalue weighted by Crippen LogP contribution is 2.18. The summed E-state index contributed by atoms with van der Waals surface area (Å²) in [5, 5.41) is 3.47. The predicted molar refractivity (Wildman–Crippen MR) is 87.1 cm³/mol. The minimum absolute atomic E-state index is 0.183. The summed E-state index contributed by atoms with van der Waals surface area (Å²) in [5.41, 5.74) is 3.56. The Morgan fingerprint density at radius 2 is 1.84 bits per heavy atom. The average Bonchev–Trinajstić information content (AvgIpc) is 2.37. The van der Waals surface area contributed by atoms with Gasteiger partial charge in [-0.05, 0) is 78.3 Å². The topological polar surface area (TPSA) is 12.0 Å².